The minimum Gasteiger partial charge on any atom is -0.461 e. The molecule has 0 atom stereocenters. The van der Waals surface area contributed by atoms with Crippen LogP contribution in [0.15, 0.2) is 64.1 Å². The Bertz CT molecular complexity index is 1850. The van der Waals surface area contributed by atoms with Crippen LogP contribution < -0.4 is 15.4 Å². The summed E-state index contributed by atoms with van der Waals surface area (Å²) < 4.78 is 7.41. The van der Waals surface area contributed by atoms with E-state index in [2.05, 4.69) is 28.1 Å². The Balaban J connectivity index is 1.22. The average molecular weight is 608 g/mol. The van der Waals surface area contributed by atoms with E-state index in [1.807, 2.05) is 41.8 Å². The predicted octanol–water partition coefficient (Wildman–Crippen LogP) is 5.59. The number of fused-ring (bicyclic) bond motifs is 2. The molecule has 2 fully saturated rings. The number of pyridine rings is 2. The second kappa shape index (κ2) is 11.3. The summed E-state index contributed by atoms with van der Waals surface area (Å²) in [5.41, 5.74) is 4.25. The van der Waals surface area contributed by atoms with Crippen molar-refractivity contribution in [3.8, 4) is 0 Å². The van der Waals surface area contributed by atoms with Gasteiger partial charge in [0.05, 0.1) is 16.8 Å². The van der Waals surface area contributed by atoms with Crippen LogP contribution in [-0.2, 0) is 29.2 Å². The lowest BCUT2D eigenvalue weighted by atomic mass is 9.90. The number of aromatic nitrogens is 2. The second-order valence-corrected chi connectivity index (χ2v) is 13.6. The zero-order chi connectivity index (χ0) is 31.5. The third kappa shape index (κ3) is 5.70. The first kappa shape index (κ1) is 29.5. The lowest BCUT2D eigenvalue weighted by molar-refractivity contribution is -0.137. The number of carbonyl (C=O) groups excluding carboxylic acids is 2. The van der Waals surface area contributed by atoms with Crippen molar-refractivity contribution in [3.05, 3.63) is 87.8 Å². The number of hydrogen-bond donors (Lipinski definition) is 0. The molecule has 4 heterocycles. The normalized spacial score (nSPS) is 18.2. The Morgan fingerprint density at radius 3 is 2.49 bits per heavy atom. The Morgan fingerprint density at radius 1 is 0.956 bits per heavy atom. The minimum atomic E-state index is -1.12. The van der Waals surface area contributed by atoms with E-state index in [0.717, 1.165) is 59.6 Å². The zero-order valence-electron chi connectivity index (χ0n) is 26.6. The Labute approximate surface area is 263 Å². The first-order chi connectivity index (χ1) is 21.6. The maximum absolute atomic E-state index is 14.0. The molecule has 2 amide bonds. The van der Waals surface area contributed by atoms with Crippen molar-refractivity contribution < 1.29 is 14.0 Å². The van der Waals surface area contributed by atoms with Gasteiger partial charge in [-0.1, -0.05) is 12.1 Å². The van der Waals surface area contributed by atoms with E-state index in [9.17, 15) is 14.4 Å². The molecule has 9 heteroatoms. The van der Waals surface area contributed by atoms with Crippen LogP contribution in [0.2, 0.25) is 0 Å². The molecule has 0 N–H and O–H groups in total. The van der Waals surface area contributed by atoms with E-state index in [4.69, 9.17) is 4.42 Å². The van der Waals surface area contributed by atoms with Gasteiger partial charge in [0.25, 0.3) is 5.56 Å². The quantitative estimate of drug-likeness (QED) is 0.219. The molecular weight excluding hydrogens is 566 g/mol. The summed E-state index contributed by atoms with van der Waals surface area (Å²) in [5, 5.41) is 0.591. The molecule has 234 valence electrons. The van der Waals surface area contributed by atoms with Gasteiger partial charge >= 0.3 is 0 Å². The van der Waals surface area contributed by atoms with Crippen LogP contribution >= 0.6 is 0 Å². The maximum atomic E-state index is 14.0. The van der Waals surface area contributed by atoms with Crippen LogP contribution in [0.1, 0.15) is 62.1 Å². The number of aryl methyl sites for hydroxylation is 2. The number of rotatable bonds is 10. The van der Waals surface area contributed by atoms with Gasteiger partial charge in [-0.25, -0.2) is 0 Å². The van der Waals surface area contributed by atoms with Gasteiger partial charge in [0.2, 0.25) is 11.8 Å². The third-order valence-electron chi connectivity index (χ3n) is 9.53. The van der Waals surface area contributed by atoms with Crippen molar-refractivity contribution in [1.82, 2.24) is 14.5 Å². The number of anilines is 2. The third-order valence-corrected chi connectivity index (χ3v) is 9.53. The molecule has 0 unspecified atom stereocenters. The van der Waals surface area contributed by atoms with Crippen LogP contribution in [0.4, 0.5) is 11.4 Å². The molecule has 2 saturated carbocycles. The van der Waals surface area contributed by atoms with Crippen molar-refractivity contribution in [2.75, 3.05) is 22.9 Å². The van der Waals surface area contributed by atoms with Crippen molar-refractivity contribution in [3.63, 3.8) is 0 Å². The average Bonchev–Trinajstić information content (AvgIpc) is 3.95. The van der Waals surface area contributed by atoms with Gasteiger partial charge in [-0.2, -0.15) is 0 Å². The standard InChI is InChI=1S/C36H41N5O4/c1-23-18-29-32(45-23)13-15-39(33(29)42)17-16-38(22-27-6-5-14-37-24(27)2)20-26-9-12-30-31(19-26)41(28-10-11-28)35(44)36(3,4)34(43)40(30)21-25-7-8-25/h5-6,9,12-15,18-19,25,28H,7-8,10-11,16-17,20-22H2,1-4H3. The number of hydrogen-bond acceptors (Lipinski definition) is 6. The van der Waals surface area contributed by atoms with Crippen molar-refractivity contribution >= 4 is 34.2 Å². The largest absolute Gasteiger partial charge is 0.461 e. The fourth-order valence-electron chi connectivity index (χ4n) is 6.50. The first-order valence-electron chi connectivity index (χ1n) is 16.1. The summed E-state index contributed by atoms with van der Waals surface area (Å²) in [6.45, 7) is 10.5. The fourth-order valence-corrected chi connectivity index (χ4v) is 6.50. The molecule has 9 nitrogen and oxygen atoms in total. The summed E-state index contributed by atoms with van der Waals surface area (Å²) in [4.78, 5) is 51.7. The molecule has 1 aliphatic heterocycles. The molecule has 3 aliphatic rings. The summed E-state index contributed by atoms with van der Waals surface area (Å²) in [6, 6.07) is 14.1. The van der Waals surface area contributed by atoms with E-state index in [-0.39, 0.29) is 23.4 Å². The van der Waals surface area contributed by atoms with E-state index < -0.39 is 5.41 Å². The molecule has 4 aromatic rings. The lowest BCUT2D eigenvalue weighted by Crippen LogP contribution is -2.49. The van der Waals surface area contributed by atoms with Gasteiger partial charge in [0, 0.05) is 56.9 Å². The van der Waals surface area contributed by atoms with Gasteiger partial charge in [-0.15, -0.1) is 0 Å². The highest BCUT2D eigenvalue weighted by atomic mass is 16.3. The minimum absolute atomic E-state index is 0.0616. The summed E-state index contributed by atoms with van der Waals surface area (Å²) in [5.74, 6) is 0.988. The van der Waals surface area contributed by atoms with E-state index in [1.54, 1.807) is 36.9 Å². The highest BCUT2D eigenvalue weighted by Crippen LogP contribution is 2.46. The van der Waals surface area contributed by atoms with Crippen LogP contribution in [0.5, 0.6) is 0 Å². The molecule has 0 radical (unpaired) electrons. The number of benzene rings is 1. The number of nitrogens with zero attached hydrogens (tertiary/aromatic N) is 5. The summed E-state index contributed by atoms with van der Waals surface area (Å²) in [7, 11) is 0. The fraction of sp³-hybridized carbons (Fsp3) is 0.444. The van der Waals surface area contributed by atoms with E-state index in [1.165, 1.54) is 0 Å². The number of amides is 2. The zero-order valence-corrected chi connectivity index (χ0v) is 26.6. The number of furan rings is 1. The Kier molecular flexibility index (Phi) is 7.39. The van der Waals surface area contributed by atoms with Crippen LogP contribution in [0, 0.1) is 25.2 Å². The monoisotopic (exact) mass is 607 g/mol. The predicted molar refractivity (Wildman–Crippen MR) is 174 cm³/mol. The van der Waals surface area contributed by atoms with Crippen LogP contribution in [0.3, 0.4) is 0 Å². The van der Waals surface area contributed by atoms with Crippen molar-refractivity contribution in [1.29, 1.82) is 0 Å². The van der Waals surface area contributed by atoms with Gasteiger partial charge in [0.1, 0.15) is 16.8 Å². The SMILES string of the molecule is Cc1cc2c(=O)n(CCN(Cc3ccc4c(c3)N(C3CC3)C(=O)C(C)(C)C(=O)N4CC3CC3)Cc3cccnc3C)ccc2o1. The van der Waals surface area contributed by atoms with E-state index >= 15 is 0 Å². The van der Waals surface area contributed by atoms with Crippen molar-refractivity contribution in [2.45, 2.75) is 79.1 Å². The van der Waals surface area contributed by atoms with Crippen molar-refractivity contribution in [2.24, 2.45) is 11.3 Å². The van der Waals surface area contributed by atoms with Gasteiger partial charge in [0.15, 0.2) is 0 Å². The molecule has 0 saturated heterocycles. The topological polar surface area (TPSA) is 91.9 Å². The molecule has 7 rings (SSSR count). The van der Waals surface area contributed by atoms with Crippen LogP contribution in [-0.4, -0.2) is 45.4 Å². The highest BCUT2D eigenvalue weighted by molar-refractivity contribution is 6.20. The molecule has 3 aromatic heterocycles. The van der Waals surface area contributed by atoms with Gasteiger partial charge in [-0.3, -0.25) is 24.3 Å². The Morgan fingerprint density at radius 2 is 1.76 bits per heavy atom. The van der Waals surface area contributed by atoms with Gasteiger partial charge in [-0.05, 0) is 101 Å². The molecule has 0 spiro atoms. The summed E-state index contributed by atoms with van der Waals surface area (Å²) in [6.07, 6.45) is 7.74. The summed E-state index contributed by atoms with van der Waals surface area (Å²) >= 11 is 0. The highest BCUT2D eigenvalue weighted by Gasteiger charge is 2.50. The lowest BCUT2D eigenvalue weighted by Gasteiger charge is -2.29. The Hall–Kier alpha value is -4.24. The van der Waals surface area contributed by atoms with Gasteiger partial charge < -0.3 is 18.8 Å². The number of carbonyl (C=O) groups is 2. The van der Waals surface area contributed by atoms with E-state index in [0.29, 0.717) is 49.6 Å². The molecular formula is C36H41N5O4. The first-order valence-corrected chi connectivity index (χ1v) is 16.1. The maximum Gasteiger partial charge on any atom is 0.261 e. The smallest absolute Gasteiger partial charge is 0.261 e. The van der Waals surface area contributed by atoms with Crippen LogP contribution in [0.25, 0.3) is 11.0 Å². The second-order valence-electron chi connectivity index (χ2n) is 13.6. The molecule has 45 heavy (non-hydrogen) atoms. The molecule has 0 bridgehead atoms. The molecule has 2 aliphatic carbocycles. The molecule has 1 aromatic carbocycles.